The van der Waals surface area contributed by atoms with Gasteiger partial charge >= 0.3 is 24.0 Å². The van der Waals surface area contributed by atoms with Crippen LogP contribution in [0.5, 0.6) is 0 Å². The van der Waals surface area contributed by atoms with Crippen molar-refractivity contribution in [2.45, 2.75) is 168 Å². The van der Waals surface area contributed by atoms with Crippen molar-refractivity contribution in [3.63, 3.8) is 0 Å². The molecule has 0 heterocycles. The number of ether oxygens (including phenoxy) is 4. The van der Waals surface area contributed by atoms with Crippen LogP contribution in [0.1, 0.15) is 143 Å². The van der Waals surface area contributed by atoms with E-state index in [0.717, 1.165) is 24.8 Å². The molecule has 0 spiro atoms. The van der Waals surface area contributed by atoms with Gasteiger partial charge in [0.1, 0.15) is 30.3 Å². The molecule has 0 fully saturated rings. The lowest BCUT2D eigenvalue weighted by atomic mass is 10.0. The Labute approximate surface area is 316 Å². The highest BCUT2D eigenvalue weighted by molar-refractivity contribution is 5.87. The quantitative estimate of drug-likeness (QED) is 0.0506. The highest BCUT2D eigenvalue weighted by Crippen LogP contribution is 2.14. The molecule has 3 atom stereocenters. The molecule has 1 rings (SSSR count). The lowest BCUT2D eigenvalue weighted by Gasteiger charge is -2.23. The third-order valence-corrected chi connectivity index (χ3v) is 8.17. The third-order valence-electron chi connectivity index (χ3n) is 8.17. The fraction of sp³-hybridized carbons (Fsp3) is 0.700. The van der Waals surface area contributed by atoms with E-state index in [0.29, 0.717) is 6.42 Å². The molecule has 0 aliphatic carbocycles. The molecule has 0 aliphatic heterocycles. The second kappa shape index (κ2) is 27.4. The summed E-state index contributed by atoms with van der Waals surface area (Å²) in [6.07, 6.45) is 9.60. The maximum absolute atomic E-state index is 13.1. The Morgan fingerprint density at radius 3 is 1.57 bits per heavy atom. The maximum Gasteiger partial charge on any atom is 0.408 e. The minimum absolute atomic E-state index is 0.0109. The van der Waals surface area contributed by atoms with Gasteiger partial charge in [0.2, 0.25) is 11.8 Å². The van der Waals surface area contributed by atoms with Gasteiger partial charge in [-0.25, -0.2) is 19.2 Å². The Bertz CT molecular complexity index is 1230. The summed E-state index contributed by atoms with van der Waals surface area (Å²) in [5, 5.41) is 7.94. The first-order valence-corrected chi connectivity index (χ1v) is 19.4. The van der Waals surface area contributed by atoms with Gasteiger partial charge in [0.05, 0.1) is 13.2 Å². The number of carbonyl (C=O) groups excluding carboxylic acids is 6. The largest absolute Gasteiger partial charge is 0.464 e. The van der Waals surface area contributed by atoms with Crippen molar-refractivity contribution in [2.24, 2.45) is 0 Å². The summed E-state index contributed by atoms with van der Waals surface area (Å²) in [7, 11) is 0. The standard InChI is InChI=1S/C40H65N3O10/c1-7-10-11-12-13-14-15-16-20-26-34(44)42-33(38(48)52-29-30-22-18-17-19-23-30)27-28-35(45)41-31(36(46)50-8-2)24-21-25-32(37(47)51-9-3)43-39(49)53-40(4,5)6/h17-19,22-23,31-33H,7-16,20-21,24-29H2,1-6H3,(H,41,45)(H,42,44)(H,43,49)/t31?,32?,33-/m1/s1. The van der Waals surface area contributed by atoms with Crippen molar-refractivity contribution in [2.75, 3.05) is 13.2 Å². The number of hydrogen-bond donors (Lipinski definition) is 3. The van der Waals surface area contributed by atoms with E-state index < -0.39 is 53.6 Å². The summed E-state index contributed by atoms with van der Waals surface area (Å²) in [5.41, 5.74) is -0.00202. The number of hydrogen-bond acceptors (Lipinski definition) is 10. The number of benzene rings is 1. The van der Waals surface area contributed by atoms with Crippen LogP contribution in [0.25, 0.3) is 0 Å². The Kier molecular flexibility index (Phi) is 24.3. The van der Waals surface area contributed by atoms with Gasteiger partial charge in [-0.05, 0) is 72.3 Å². The van der Waals surface area contributed by atoms with E-state index in [4.69, 9.17) is 18.9 Å². The monoisotopic (exact) mass is 747 g/mol. The predicted molar refractivity (Wildman–Crippen MR) is 201 cm³/mol. The number of unbranched alkanes of at least 4 members (excludes halogenated alkanes) is 8. The first-order valence-electron chi connectivity index (χ1n) is 19.4. The molecule has 0 bridgehead atoms. The fourth-order valence-electron chi connectivity index (χ4n) is 5.44. The van der Waals surface area contributed by atoms with Gasteiger partial charge < -0.3 is 34.9 Å². The normalized spacial score (nSPS) is 12.8. The van der Waals surface area contributed by atoms with Crippen molar-refractivity contribution >= 4 is 35.8 Å². The van der Waals surface area contributed by atoms with Gasteiger partial charge in [-0.2, -0.15) is 0 Å². The molecule has 1 aromatic carbocycles. The Morgan fingerprint density at radius 2 is 1.04 bits per heavy atom. The van der Waals surface area contributed by atoms with Crippen molar-refractivity contribution in [1.82, 2.24) is 16.0 Å². The predicted octanol–water partition coefficient (Wildman–Crippen LogP) is 6.59. The minimum atomic E-state index is -1.07. The van der Waals surface area contributed by atoms with Crippen molar-refractivity contribution in [3.05, 3.63) is 35.9 Å². The van der Waals surface area contributed by atoms with Crippen molar-refractivity contribution in [3.8, 4) is 0 Å². The van der Waals surface area contributed by atoms with E-state index in [9.17, 15) is 28.8 Å². The number of amides is 3. The van der Waals surface area contributed by atoms with E-state index in [-0.39, 0.29) is 64.3 Å². The number of carbonyl (C=O) groups is 6. The lowest BCUT2D eigenvalue weighted by Crippen LogP contribution is -2.46. The average molecular weight is 748 g/mol. The summed E-state index contributed by atoms with van der Waals surface area (Å²) in [6, 6.07) is 5.97. The van der Waals surface area contributed by atoms with Crippen LogP contribution in [0.15, 0.2) is 30.3 Å². The van der Waals surface area contributed by atoms with Crippen LogP contribution in [-0.4, -0.2) is 72.8 Å². The Balaban J connectivity index is 2.83. The average Bonchev–Trinajstić information content (AvgIpc) is 3.10. The molecule has 300 valence electrons. The molecule has 3 amide bonds. The number of alkyl carbamates (subject to hydrolysis) is 1. The SMILES string of the molecule is CCCCCCCCCCCC(=O)N[C@H](CCC(=O)NC(CCCC(NC(=O)OC(C)(C)C)C(=O)OCC)C(=O)OCC)C(=O)OCc1ccccc1. The van der Waals surface area contributed by atoms with Crippen LogP contribution in [-0.2, 0) is 49.5 Å². The third kappa shape index (κ3) is 23.2. The zero-order valence-corrected chi connectivity index (χ0v) is 32.9. The van der Waals surface area contributed by atoms with E-state index in [2.05, 4.69) is 22.9 Å². The molecular weight excluding hydrogens is 682 g/mol. The number of nitrogens with one attached hydrogen (secondary N) is 3. The molecule has 0 aromatic heterocycles. The maximum atomic E-state index is 13.1. The molecule has 0 saturated carbocycles. The van der Waals surface area contributed by atoms with Crippen LogP contribution >= 0.6 is 0 Å². The van der Waals surface area contributed by atoms with E-state index in [1.165, 1.54) is 32.1 Å². The van der Waals surface area contributed by atoms with Crippen LogP contribution in [0, 0.1) is 0 Å². The van der Waals surface area contributed by atoms with E-state index in [1.807, 2.05) is 30.3 Å². The molecule has 2 unspecified atom stereocenters. The lowest BCUT2D eigenvalue weighted by molar-refractivity contribution is -0.150. The molecule has 0 aliphatic rings. The highest BCUT2D eigenvalue weighted by Gasteiger charge is 2.29. The molecule has 13 heteroatoms. The van der Waals surface area contributed by atoms with Crippen molar-refractivity contribution in [1.29, 1.82) is 0 Å². The van der Waals surface area contributed by atoms with Crippen LogP contribution in [0.3, 0.4) is 0 Å². The van der Waals surface area contributed by atoms with Gasteiger partial charge in [-0.15, -0.1) is 0 Å². The van der Waals surface area contributed by atoms with Crippen LogP contribution in [0.4, 0.5) is 4.79 Å². The van der Waals surface area contributed by atoms with Gasteiger partial charge in [0.25, 0.3) is 0 Å². The molecule has 0 radical (unpaired) electrons. The Morgan fingerprint density at radius 1 is 0.566 bits per heavy atom. The zero-order valence-electron chi connectivity index (χ0n) is 32.9. The van der Waals surface area contributed by atoms with Crippen molar-refractivity contribution < 1.29 is 47.7 Å². The highest BCUT2D eigenvalue weighted by atomic mass is 16.6. The second-order valence-corrected chi connectivity index (χ2v) is 14.1. The number of rotatable bonds is 27. The fourth-order valence-corrected chi connectivity index (χ4v) is 5.44. The van der Waals surface area contributed by atoms with E-state index in [1.54, 1.807) is 34.6 Å². The topological polar surface area (TPSA) is 175 Å². The second-order valence-electron chi connectivity index (χ2n) is 14.1. The molecule has 3 N–H and O–H groups in total. The molecule has 13 nitrogen and oxygen atoms in total. The summed E-state index contributed by atoms with van der Waals surface area (Å²) in [6.45, 7) is 10.8. The first-order chi connectivity index (χ1) is 25.3. The molecule has 0 saturated heterocycles. The van der Waals surface area contributed by atoms with E-state index >= 15 is 0 Å². The number of esters is 3. The summed E-state index contributed by atoms with van der Waals surface area (Å²) in [4.78, 5) is 76.9. The van der Waals surface area contributed by atoms with Crippen LogP contribution in [0.2, 0.25) is 0 Å². The zero-order chi connectivity index (χ0) is 39.5. The first kappa shape index (κ1) is 46.9. The van der Waals surface area contributed by atoms with Crippen LogP contribution < -0.4 is 16.0 Å². The van der Waals surface area contributed by atoms with Gasteiger partial charge in [-0.1, -0.05) is 88.6 Å². The smallest absolute Gasteiger partial charge is 0.408 e. The minimum Gasteiger partial charge on any atom is -0.464 e. The summed E-state index contributed by atoms with van der Waals surface area (Å²) < 4.78 is 21.0. The molecular formula is C40H65N3O10. The molecule has 53 heavy (non-hydrogen) atoms. The summed E-state index contributed by atoms with van der Waals surface area (Å²) in [5.74, 6) is -2.81. The Hall–Kier alpha value is -4.16. The van der Waals surface area contributed by atoms with Gasteiger partial charge in [0.15, 0.2) is 0 Å². The van der Waals surface area contributed by atoms with Gasteiger partial charge in [-0.3, -0.25) is 9.59 Å². The van der Waals surface area contributed by atoms with Gasteiger partial charge in [0, 0.05) is 12.8 Å². The summed E-state index contributed by atoms with van der Waals surface area (Å²) >= 11 is 0. The molecule has 1 aromatic rings.